The minimum Gasteiger partial charge on any atom is -0.401 e. The van der Waals surface area contributed by atoms with Gasteiger partial charge >= 0.3 is 11.4 Å². The average Bonchev–Trinajstić information content (AvgIpc) is 2.45. The zero-order valence-corrected chi connectivity index (χ0v) is 11.9. The Kier molecular flexibility index (Phi) is 4.45. The first-order chi connectivity index (χ1) is 10.8. The van der Waals surface area contributed by atoms with E-state index in [0.29, 0.717) is 0 Å². The lowest BCUT2D eigenvalue weighted by Crippen LogP contribution is -2.27. The molecule has 0 bridgehead atoms. The van der Waals surface area contributed by atoms with Gasteiger partial charge in [0.1, 0.15) is 0 Å². The molecule has 0 aliphatic rings. The van der Waals surface area contributed by atoms with Crippen molar-refractivity contribution in [3.8, 4) is 0 Å². The number of hydrogen-bond donors (Lipinski definition) is 4. The summed E-state index contributed by atoms with van der Waals surface area (Å²) in [6.45, 7) is 0. The molecule has 0 amide bonds. The second-order valence-corrected chi connectivity index (χ2v) is 4.62. The fraction of sp³-hybridized carbons (Fsp3) is 0.0769. The first kappa shape index (κ1) is 15.8. The molecule has 10 nitrogen and oxygen atoms in total. The lowest BCUT2D eigenvalue weighted by atomic mass is 10.3. The molecule has 2 heterocycles. The number of nitrogens with two attached hydrogens (primary N) is 2. The molecule has 0 saturated carbocycles. The standard InChI is InChI=1S/C13H14N6O4/c14-8(6-18-3-1-10(20)16-12(18)22)5-9(15)7-19-4-2-11(21)17-13(19)23/h1-4,6-7H,5,14-15H2,(H,16,20,22)(H,17,21,23)/b8-6-,9-7-. The van der Waals surface area contributed by atoms with Gasteiger partial charge in [-0.05, 0) is 0 Å². The maximum Gasteiger partial charge on any atom is 0.332 e. The Morgan fingerprint density at radius 3 is 1.61 bits per heavy atom. The van der Waals surface area contributed by atoms with Gasteiger partial charge in [0.15, 0.2) is 0 Å². The molecule has 0 spiro atoms. The molecule has 0 unspecified atom stereocenters. The molecule has 0 radical (unpaired) electrons. The first-order valence-corrected chi connectivity index (χ1v) is 6.40. The lowest BCUT2D eigenvalue weighted by molar-refractivity contribution is 0.910. The van der Waals surface area contributed by atoms with Crippen molar-refractivity contribution in [1.29, 1.82) is 0 Å². The number of aromatic amines is 2. The summed E-state index contributed by atoms with van der Waals surface area (Å²) in [6.07, 6.45) is 5.20. The second-order valence-electron chi connectivity index (χ2n) is 4.62. The van der Waals surface area contributed by atoms with Crippen LogP contribution in [0.4, 0.5) is 0 Å². The van der Waals surface area contributed by atoms with Crippen molar-refractivity contribution in [3.05, 3.63) is 77.6 Å². The minimum absolute atomic E-state index is 0.0666. The van der Waals surface area contributed by atoms with Gasteiger partial charge < -0.3 is 11.5 Å². The van der Waals surface area contributed by atoms with Gasteiger partial charge in [0, 0.05) is 54.7 Å². The van der Waals surface area contributed by atoms with Gasteiger partial charge in [-0.15, -0.1) is 0 Å². The van der Waals surface area contributed by atoms with E-state index in [1.807, 2.05) is 0 Å². The molecule has 0 saturated heterocycles. The molecule has 2 rings (SSSR count). The van der Waals surface area contributed by atoms with E-state index >= 15 is 0 Å². The van der Waals surface area contributed by atoms with Crippen molar-refractivity contribution in [2.45, 2.75) is 6.42 Å². The number of nitrogens with one attached hydrogen (secondary N) is 2. The van der Waals surface area contributed by atoms with Crippen LogP contribution in [0.3, 0.4) is 0 Å². The van der Waals surface area contributed by atoms with Crippen LogP contribution < -0.4 is 34.0 Å². The van der Waals surface area contributed by atoms with Crippen LogP contribution >= 0.6 is 0 Å². The summed E-state index contributed by atoms with van der Waals surface area (Å²) in [5.41, 5.74) is 9.68. The summed E-state index contributed by atoms with van der Waals surface area (Å²) >= 11 is 0. The van der Waals surface area contributed by atoms with Crippen molar-refractivity contribution >= 4 is 12.4 Å². The maximum absolute atomic E-state index is 11.5. The van der Waals surface area contributed by atoms with Crippen molar-refractivity contribution in [2.75, 3.05) is 0 Å². The van der Waals surface area contributed by atoms with Crippen molar-refractivity contribution in [3.63, 3.8) is 0 Å². The molecule has 0 aromatic carbocycles. The van der Waals surface area contributed by atoms with Crippen LogP contribution in [0.1, 0.15) is 6.42 Å². The molecule has 10 heteroatoms. The molecule has 0 aliphatic heterocycles. The third-order valence-electron chi connectivity index (χ3n) is 2.72. The first-order valence-electron chi connectivity index (χ1n) is 6.40. The number of aromatic nitrogens is 4. The van der Waals surface area contributed by atoms with E-state index in [4.69, 9.17) is 11.5 Å². The second kappa shape index (κ2) is 6.47. The van der Waals surface area contributed by atoms with Gasteiger partial charge in [-0.2, -0.15) is 0 Å². The highest BCUT2D eigenvalue weighted by atomic mass is 16.2. The third kappa shape index (κ3) is 4.20. The fourth-order valence-electron chi connectivity index (χ4n) is 1.74. The van der Waals surface area contributed by atoms with Gasteiger partial charge in [-0.1, -0.05) is 0 Å². The summed E-state index contributed by atoms with van der Waals surface area (Å²) in [4.78, 5) is 49.1. The van der Waals surface area contributed by atoms with Crippen molar-refractivity contribution in [1.82, 2.24) is 19.1 Å². The zero-order valence-electron chi connectivity index (χ0n) is 11.9. The molecule has 6 N–H and O–H groups in total. The Hall–Kier alpha value is -3.56. The van der Waals surface area contributed by atoms with Crippen LogP contribution in [0.5, 0.6) is 0 Å². The molecule has 23 heavy (non-hydrogen) atoms. The SMILES string of the molecule is N/C(=C\n1ccc(=O)[nH]c1=O)C/C(N)=C/n1ccc(=O)[nH]c1=O. The molecular formula is C13H14N6O4. The molecule has 120 valence electrons. The van der Waals surface area contributed by atoms with Gasteiger partial charge in [0.05, 0.1) is 0 Å². The van der Waals surface area contributed by atoms with E-state index in [0.717, 1.165) is 9.13 Å². The maximum atomic E-state index is 11.5. The van der Waals surface area contributed by atoms with Crippen LogP contribution in [0, 0.1) is 0 Å². The summed E-state index contributed by atoms with van der Waals surface area (Å²) < 4.78 is 2.19. The predicted molar refractivity (Wildman–Crippen MR) is 84.2 cm³/mol. The Labute approximate surface area is 128 Å². The molecule has 0 fully saturated rings. The predicted octanol–water partition coefficient (Wildman–Crippen LogP) is -2.01. The van der Waals surface area contributed by atoms with Crippen molar-refractivity contribution < 1.29 is 0 Å². The monoisotopic (exact) mass is 318 g/mol. The quantitative estimate of drug-likeness (QED) is 0.509. The zero-order chi connectivity index (χ0) is 17.0. The van der Waals surface area contributed by atoms with Crippen LogP contribution in [-0.2, 0) is 0 Å². The van der Waals surface area contributed by atoms with E-state index < -0.39 is 22.5 Å². The Bertz CT molecular complexity index is 923. The van der Waals surface area contributed by atoms with Crippen molar-refractivity contribution in [2.24, 2.45) is 11.5 Å². The van der Waals surface area contributed by atoms with E-state index in [1.54, 1.807) is 0 Å². The van der Waals surface area contributed by atoms with Crippen LogP contribution in [0.2, 0.25) is 0 Å². The van der Waals surface area contributed by atoms with Gasteiger partial charge in [0.2, 0.25) is 0 Å². The molecule has 2 aromatic heterocycles. The smallest absolute Gasteiger partial charge is 0.332 e. The summed E-state index contributed by atoms with van der Waals surface area (Å²) in [7, 11) is 0. The summed E-state index contributed by atoms with van der Waals surface area (Å²) in [6, 6.07) is 2.34. The van der Waals surface area contributed by atoms with Crippen LogP contribution in [0.25, 0.3) is 12.4 Å². The Morgan fingerprint density at radius 1 is 0.870 bits per heavy atom. The van der Waals surface area contributed by atoms with Crippen LogP contribution in [0.15, 0.2) is 55.1 Å². The largest absolute Gasteiger partial charge is 0.401 e. The summed E-state index contributed by atoms with van der Waals surface area (Å²) in [5.74, 6) is 0. The number of rotatable bonds is 4. The molecule has 0 aliphatic carbocycles. The minimum atomic E-state index is -0.639. The van der Waals surface area contributed by atoms with E-state index in [9.17, 15) is 19.2 Å². The van der Waals surface area contributed by atoms with E-state index in [1.165, 1.54) is 36.9 Å². The molecular weight excluding hydrogens is 304 g/mol. The average molecular weight is 318 g/mol. The number of hydrogen-bond acceptors (Lipinski definition) is 6. The molecule has 2 aromatic rings. The fourth-order valence-corrected chi connectivity index (χ4v) is 1.74. The van der Waals surface area contributed by atoms with E-state index in [2.05, 4.69) is 9.97 Å². The Balaban J connectivity index is 2.23. The highest BCUT2D eigenvalue weighted by molar-refractivity contribution is 5.36. The van der Waals surface area contributed by atoms with Gasteiger partial charge in [-0.3, -0.25) is 28.7 Å². The van der Waals surface area contributed by atoms with Gasteiger partial charge in [0.25, 0.3) is 11.1 Å². The van der Waals surface area contributed by atoms with E-state index in [-0.39, 0.29) is 17.8 Å². The highest BCUT2D eigenvalue weighted by Gasteiger charge is 2.00. The highest BCUT2D eigenvalue weighted by Crippen LogP contribution is 2.02. The topological polar surface area (TPSA) is 162 Å². The molecule has 0 atom stereocenters. The van der Waals surface area contributed by atoms with Crippen LogP contribution in [-0.4, -0.2) is 19.1 Å². The third-order valence-corrected chi connectivity index (χ3v) is 2.72. The normalized spacial score (nSPS) is 12.3. The number of nitrogens with zero attached hydrogens (tertiary/aromatic N) is 2. The lowest BCUT2D eigenvalue weighted by Gasteiger charge is -2.05. The Morgan fingerprint density at radius 2 is 1.26 bits per heavy atom. The van der Waals surface area contributed by atoms with Gasteiger partial charge in [-0.25, -0.2) is 9.59 Å². The number of H-pyrrole nitrogens is 2. The summed E-state index contributed by atoms with van der Waals surface area (Å²) in [5, 5.41) is 0.